The van der Waals surface area contributed by atoms with Gasteiger partial charge in [-0.05, 0) is 64.4 Å². The van der Waals surface area contributed by atoms with E-state index in [1.165, 1.54) is 18.5 Å². The minimum absolute atomic E-state index is 0.0247. The Balaban J connectivity index is 1.25. The second-order valence-corrected chi connectivity index (χ2v) is 8.24. The maximum Gasteiger partial charge on any atom is 0.261 e. The summed E-state index contributed by atoms with van der Waals surface area (Å²) >= 11 is 6.03. The Bertz CT molecular complexity index is 873. The number of amides is 1. The van der Waals surface area contributed by atoms with Crippen molar-refractivity contribution < 1.29 is 9.53 Å². The number of aromatic amines is 1. The number of fused-ring (bicyclic) bond motifs is 1. The minimum atomic E-state index is -0.0247. The van der Waals surface area contributed by atoms with Crippen LogP contribution in [-0.2, 0) is 0 Å². The number of carbonyl (C=O) groups excluding carboxylic acids is 1. The Labute approximate surface area is 176 Å². The van der Waals surface area contributed by atoms with Crippen LogP contribution in [0.5, 0.6) is 5.75 Å². The van der Waals surface area contributed by atoms with E-state index in [-0.39, 0.29) is 5.91 Å². The second-order valence-electron chi connectivity index (χ2n) is 7.80. The van der Waals surface area contributed by atoms with E-state index >= 15 is 0 Å². The Morgan fingerprint density at radius 1 is 1.24 bits per heavy atom. The van der Waals surface area contributed by atoms with Crippen LogP contribution in [0.4, 0.5) is 0 Å². The predicted molar refractivity (Wildman–Crippen MR) is 113 cm³/mol. The fourth-order valence-corrected chi connectivity index (χ4v) is 4.29. The lowest BCUT2D eigenvalue weighted by Crippen LogP contribution is -2.34. The number of rotatable bonds is 6. The van der Waals surface area contributed by atoms with Crippen LogP contribution in [-0.4, -0.2) is 51.9 Å². The minimum Gasteiger partial charge on any atom is -0.462 e. The first-order valence-electron chi connectivity index (χ1n) is 10.3. The molecule has 1 N–H and O–H groups in total. The monoisotopic (exact) mass is 414 g/mol. The molecule has 0 radical (unpaired) electrons. The molecule has 0 aliphatic carbocycles. The third kappa shape index (κ3) is 4.65. The summed E-state index contributed by atoms with van der Waals surface area (Å²) in [6.45, 7) is 5.91. The van der Waals surface area contributed by atoms with E-state index in [9.17, 15) is 4.79 Å². The number of piperidine rings is 1. The van der Waals surface area contributed by atoms with E-state index in [0.717, 1.165) is 38.2 Å². The zero-order chi connectivity index (χ0) is 20.2. The molecule has 0 spiro atoms. The summed E-state index contributed by atoms with van der Waals surface area (Å²) in [7, 11) is 0. The smallest absolute Gasteiger partial charge is 0.261 e. The van der Waals surface area contributed by atoms with Crippen molar-refractivity contribution in [1.82, 2.24) is 19.8 Å². The van der Waals surface area contributed by atoms with Gasteiger partial charge >= 0.3 is 0 Å². The molecule has 0 atom stereocenters. The highest BCUT2D eigenvalue weighted by Gasteiger charge is 2.25. The maximum atomic E-state index is 12.9. The van der Waals surface area contributed by atoms with Crippen LogP contribution >= 0.6 is 11.6 Å². The molecule has 7 heteroatoms. The number of benzene rings is 1. The fourth-order valence-electron chi connectivity index (χ4n) is 4.13. The lowest BCUT2D eigenvalue weighted by Gasteiger charge is -2.31. The lowest BCUT2D eigenvalue weighted by atomic mass is 9.94. The van der Waals surface area contributed by atoms with Crippen LogP contribution in [0.1, 0.15) is 54.6 Å². The van der Waals surface area contributed by atoms with Gasteiger partial charge in [-0.1, -0.05) is 11.6 Å². The second kappa shape index (κ2) is 9.01. The number of imidazole rings is 1. The normalized spacial score (nSPS) is 18.2. The molecule has 3 heterocycles. The van der Waals surface area contributed by atoms with Crippen LogP contribution in [0.2, 0.25) is 5.02 Å². The maximum absolute atomic E-state index is 12.9. The number of likely N-dealkylation sites (tertiary alicyclic amines) is 1. The van der Waals surface area contributed by atoms with Crippen molar-refractivity contribution in [2.75, 3.05) is 26.2 Å². The molecule has 1 aromatic heterocycles. The van der Waals surface area contributed by atoms with Gasteiger partial charge in [0.2, 0.25) is 0 Å². The topological polar surface area (TPSA) is 61.5 Å². The molecule has 6 nitrogen and oxygen atoms in total. The summed E-state index contributed by atoms with van der Waals surface area (Å²) in [5, 5.41) is 0.562. The standard InChI is InChI=1S/C22H27ClN4O2/c1-16-14-29-21-12-18(23)4-5-19(21)22(28)27(16)9-3-2-8-26-10-6-17(7-11-26)20-13-24-15-25-20/h4-5,12-15,17H,2-3,6-11H2,1H3,(H,24,25). The van der Waals surface area contributed by atoms with Crippen LogP contribution in [0.25, 0.3) is 0 Å². The number of halogens is 1. The number of nitrogens with one attached hydrogen (secondary N) is 1. The molecule has 1 fully saturated rings. The van der Waals surface area contributed by atoms with Gasteiger partial charge < -0.3 is 19.5 Å². The average molecular weight is 415 g/mol. The highest BCUT2D eigenvalue weighted by atomic mass is 35.5. The van der Waals surface area contributed by atoms with Crippen molar-refractivity contribution in [2.24, 2.45) is 0 Å². The summed E-state index contributed by atoms with van der Waals surface area (Å²) in [6, 6.07) is 5.16. The first-order chi connectivity index (χ1) is 14.1. The molecule has 2 aromatic rings. The van der Waals surface area contributed by atoms with Crippen LogP contribution in [0.3, 0.4) is 0 Å². The number of ether oxygens (including phenoxy) is 1. The zero-order valence-electron chi connectivity index (χ0n) is 16.7. The number of H-pyrrole nitrogens is 1. The molecule has 1 saturated heterocycles. The van der Waals surface area contributed by atoms with Gasteiger partial charge in [0, 0.05) is 35.4 Å². The van der Waals surface area contributed by atoms with E-state index in [1.54, 1.807) is 30.8 Å². The summed E-state index contributed by atoms with van der Waals surface area (Å²) in [5.74, 6) is 1.10. The molecule has 0 bridgehead atoms. The van der Waals surface area contributed by atoms with Crippen molar-refractivity contribution in [2.45, 2.75) is 38.5 Å². The van der Waals surface area contributed by atoms with Gasteiger partial charge in [0.1, 0.15) is 12.0 Å². The first kappa shape index (κ1) is 20.0. The van der Waals surface area contributed by atoms with Crippen LogP contribution < -0.4 is 4.74 Å². The summed E-state index contributed by atoms with van der Waals surface area (Å²) in [5.41, 5.74) is 2.64. The number of allylic oxidation sites excluding steroid dienone is 1. The molecule has 2 aliphatic heterocycles. The van der Waals surface area contributed by atoms with Crippen molar-refractivity contribution >= 4 is 17.5 Å². The zero-order valence-corrected chi connectivity index (χ0v) is 17.5. The predicted octanol–water partition coefficient (Wildman–Crippen LogP) is 4.42. The lowest BCUT2D eigenvalue weighted by molar-refractivity contribution is 0.0804. The Morgan fingerprint density at radius 3 is 2.79 bits per heavy atom. The average Bonchev–Trinajstić information content (AvgIpc) is 3.23. The molecular formula is C22H27ClN4O2. The summed E-state index contributed by atoms with van der Waals surface area (Å²) < 4.78 is 5.66. The third-order valence-corrected chi connectivity index (χ3v) is 6.09. The van der Waals surface area contributed by atoms with Gasteiger partial charge in [0.15, 0.2) is 0 Å². The van der Waals surface area contributed by atoms with E-state index in [0.29, 0.717) is 28.8 Å². The Kier molecular flexibility index (Phi) is 6.21. The molecular weight excluding hydrogens is 388 g/mol. The number of aromatic nitrogens is 2. The van der Waals surface area contributed by atoms with Crippen molar-refractivity contribution in [3.05, 3.63) is 59.0 Å². The number of hydrogen-bond acceptors (Lipinski definition) is 4. The van der Waals surface area contributed by atoms with E-state index in [4.69, 9.17) is 16.3 Å². The quantitative estimate of drug-likeness (QED) is 0.711. The number of unbranched alkanes of at least 4 members (excludes halogenated alkanes) is 1. The largest absolute Gasteiger partial charge is 0.462 e. The highest BCUT2D eigenvalue weighted by Crippen LogP contribution is 2.29. The Hall–Kier alpha value is -2.31. The number of hydrogen-bond donors (Lipinski definition) is 1. The number of carbonyl (C=O) groups is 1. The first-order valence-corrected chi connectivity index (χ1v) is 10.6. The van der Waals surface area contributed by atoms with E-state index in [1.807, 2.05) is 18.0 Å². The van der Waals surface area contributed by atoms with Gasteiger partial charge in [-0.15, -0.1) is 0 Å². The molecule has 0 unspecified atom stereocenters. The van der Waals surface area contributed by atoms with Gasteiger partial charge in [-0.25, -0.2) is 4.98 Å². The van der Waals surface area contributed by atoms with Crippen molar-refractivity contribution in [3.8, 4) is 5.75 Å². The molecule has 0 saturated carbocycles. The third-order valence-electron chi connectivity index (χ3n) is 5.85. The summed E-state index contributed by atoms with van der Waals surface area (Å²) in [6.07, 6.45) is 9.72. The number of nitrogens with zero attached hydrogens (tertiary/aromatic N) is 3. The van der Waals surface area contributed by atoms with Gasteiger partial charge in [0.05, 0.1) is 17.6 Å². The van der Waals surface area contributed by atoms with Crippen molar-refractivity contribution in [3.63, 3.8) is 0 Å². The molecule has 1 amide bonds. The van der Waals surface area contributed by atoms with E-state index < -0.39 is 0 Å². The highest BCUT2D eigenvalue weighted by molar-refractivity contribution is 6.30. The van der Waals surface area contributed by atoms with E-state index in [2.05, 4.69) is 14.9 Å². The van der Waals surface area contributed by atoms with Crippen molar-refractivity contribution in [1.29, 1.82) is 0 Å². The van der Waals surface area contributed by atoms with Crippen LogP contribution in [0, 0.1) is 0 Å². The molecule has 4 rings (SSSR count). The Morgan fingerprint density at radius 2 is 2.03 bits per heavy atom. The van der Waals surface area contributed by atoms with Gasteiger partial charge in [-0.3, -0.25) is 4.79 Å². The molecule has 29 heavy (non-hydrogen) atoms. The van der Waals surface area contributed by atoms with Gasteiger partial charge in [-0.2, -0.15) is 0 Å². The molecule has 154 valence electrons. The fraction of sp³-hybridized carbons (Fsp3) is 0.455. The SMILES string of the molecule is CC1=COc2cc(Cl)ccc2C(=O)N1CCCCN1CCC(c2cnc[nH]2)CC1. The van der Waals surface area contributed by atoms with Crippen LogP contribution in [0.15, 0.2) is 42.7 Å². The summed E-state index contributed by atoms with van der Waals surface area (Å²) in [4.78, 5) is 24.7. The molecule has 1 aromatic carbocycles. The van der Waals surface area contributed by atoms with Gasteiger partial charge in [0.25, 0.3) is 5.91 Å². The molecule has 2 aliphatic rings.